The monoisotopic (exact) mass is 365 g/mol. The van der Waals surface area contributed by atoms with Gasteiger partial charge < -0.3 is 10.3 Å². The largest absolute Gasteiger partial charge is 0.343 e. The summed E-state index contributed by atoms with van der Waals surface area (Å²) >= 11 is 1.76. The molecule has 1 aromatic heterocycles. The SMILES string of the molecule is CSCCC(NC(=O)/C=C/c1cccc(C)c1)c1nc2ccccc2[nH]1. The molecule has 0 aliphatic carbocycles. The summed E-state index contributed by atoms with van der Waals surface area (Å²) in [5, 5.41) is 3.08. The van der Waals surface area contributed by atoms with Crippen molar-refractivity contribution in [3.05, 3.63) is 71.6 Å². The van der Waals surface area contributed by atoms with Gasteiger partial charge in [0.15, 0.2) is 0 Å². The number of aryl methyl sites for hydroxylation is 1. The molecule has 5 heteroatoms. The molecule has 1 unspecified atom stereocenters. The molecular formula is C21H23N3OS. The standard InChI is InChI=1S/C21H23N3OS/c1-15-6-5-7-16(14-15)10-11-20(25)22-19(12-13-26-2)21-23-17-8-3-4-9-18(17)24-21/h3-11,14,19H,12-13H2,1-2H3,(H,22,25)(H,23,24)/b11-10+. The zero-order chi connectivity index (χ0) is 18.4. The van der Waals surface area contributed by atoms with Crippen molar-refractivity contribution in [1.82, 2.24) is 15.3 Å². The van der Waals surface area contributed by atoms with E-state index >= 15 is 0 Å². The van der Waals surface area contributed by atoms with Crippen LogP contribution in [0.2, 0.25) is 0 Å². The predicted octanol–water partition coefficient (Wildman–Crippen LogP) is 4.50. The van der Waals surface area contributed by atoms with E-state index in [1.807, 2.05) is 61.5 Å². The van der Waals surface area contributed by atoms with Crippen LogP contribution in [0.4, 0.5) is 0 Å². The fourth-order valence-corrected chi connectivity index (χ4v) is 3.29. The minimum atomic E-state index is -0.135. The minimum Gasteiger partial charge on any atom is -0.343 e. The minimum absolute atomic E-state index is 0.113. The van der Waals surface area contributed by atoms with E-state index in [0.29, 0.717) is 0 Å². The molecule has 0 saturated heterocycles. The molecule has 1 amide bonds. The number of aromatic amines is 1. The molecule has 1 atom stereocenters. The Balaban J connectivity index is 1.74. The second-order valence-electron chi connectivity index (χ2n) is 6.23. The van der Waals surface area contributed by atoms with Crippen LogP contribution in [-0.2, 0) is 4.79 Å². The molecule has 0 bridgehead atoms. The van der Waals surface area contributed by atoms with E-state index in [1.54, 1.807) is 17.8 Å². The van der Waals surface area contributed by atoms with Crippen LogP contribution >= 0.6 is 11.8 Å². The number of H-pyrrole nitrogens is 1. The van der Waals surface area contributed by atoms with Gasteiger partial charge in [0.1, 0.15) is 5.82 Å². The summed E-state index contributed by atoms with van der Waals surface area (Å²) in [6.45, 7) is 2.04. The number of rotatable bonds is 7. The number of carbonyl (C=O) groups is 1. The highest BCUT2D eigenvalue weighted by Crippen LogP contribution is 2.20. The zero-order valence-corrected chi connectivity index (χ0v) is 15.8. The summed E-state index contributed by atoms with van der Waals surface area (Å²) < 4.78 is 0. The summed E-state index contributed by atoms with van der Waals surface area (Å²) in [7, 11) is 0. The highest BCUT2D eigenvalue weighted by atomic mass is 32.2. The molecule has 0 saturated carbocycles. The molecule has 0 radical (unpaired) electrons. The summed E-state index contributed by atoms with van der Waals surface area (Å²) in [6.07, 6.45) is 6.32. The molecule has 134 valence electrons. The maximum Gasteiger partial charge on any atom is 0.244 e. The van der Waals surface area contributed by atoms with Gasteiger partial charge in [-0.05, 0) is 49.1 Å². The van der Waals surface area contributed by atoms with E-state index in [2.05, 4.69) is 21.5 Å². The van der Waals surface area contributed by atoms with Crippen molar-refractivity contribution in [3.63, 3.8) is 0 Å². The summed E-state index contributed by atoms with van der Waals surface area (Å²) in [6, 6.07) is 15.8. The van der Waals surface area contributed by atoms with Crippen molar-refractivity contribution in [2.24, 2.45) is 0 Å². The Bertz CT molecular complexity index is 883. The molecule has 4 nitrogen and oxygen atoms in total. The molecule has 1 heterocycles. The molecule has 0 aliphatic heterocycles. The van der Waals surface area contributed by atoms with E-state index in [9.17, 15) is 4.79 Å². The van der Waals surface area contributed by atoms with Crippen LogP contribution in [0.3, 0.4) is 0 Å². The van der Waals surface area contributed by atoms with Crippen LogP contribution in [0.15, 0.2) is 54.6 Å². The Morgan fingerprint density at radius 3 is 2.88 bits per heavy atom. The molecule has 2 aromatic carbocycles. The highest BCUT2D eigenvalue weighted by molar-refractivity contribution is 7.98. The van der Waals surface area contributed by atoms with Gasteiger partial charge in [0.25, 0.3) is 0 Å². The van der Waals surface area contributed by atoms with Crippen LogP contribution in [0.5, 0.6) is 0 Å². The lowest BCUT2D eigenvalue weighted by Gasteiger charge is -2.15. The number of amides is 1. The quantitative estimate of drug-likeness (QED) is 0.606. The number of fused-ring (bicyclic) bond motifs is 1. The molecule has 0 aliphatic rings. The van der Waals surface area contributed by atoms with Crippen LogP contribution < -0.4 is 5.32 Å². The number of thioether (sulfide) groups is 1. The van der Waals surface area contributed by atoms with Gasteiger partial charge in [0.2, 0.25) is 5.91 Å². The molecule has 2 N–H and O–H groups in total. The third-order valence-corrected chi connectivity index (χ3v) is 4.78. The van der Waals surface area contributed by atoms with Gasteiger partial charge in [0, 0.05) is 6.08 Å². The Morgan fingerprint density at radius 2 is 2.12 bits per heavy atom. The number of hydrogen-bond donors (Lipinski definition) is 2. The fourth-order valence-electron chi connectivity index (χ4n) is 2.82. The van der Waals surface area contributed by atoms with Gasteiger partial charge in [-0.15, -0.1) is 0 Å². The number of benzene rings is 2. The average Bonchev–Trinajstić information content (AvgIpc) is 3.07. The van der Waals surface area contributed by atoms with Gasteiger partial charge in [0.05, 0.1) is 17.1 Å². The third-order valence-electron chi connectivity index (χ3n) is 4.13. The Kier molecular flexibility index (Phi) is 6.12. The van der Waals surface area contributed by atoms with Crippen molar-refractivity contribution >= 4 is 34.8 Å². The second-order valence-corrected chi connectivity index (χ2v) is 7.21. The van der Waals surface area contributed by atoms with Crippen molar-refractivity contribution in [1.29, 1.82) is 0 Å². The van der Waals surface area contributed by atoms with Crippen LogP contribution in [-0.4, -0.2) is 27.9 Å². The van der Waals surface area contributed by atoms with E-state index in [1.165, 1.54) is 5.56 Å². The smallest absolute Gasteiger partial charge is 0.244 e. The van der Waals surface area contributed by atoms with Crippen molar-refractivity contribution in [2.75, 3.05) is 12.0 Å². The number of para-hydroxylation sites is 2. The molecule has 26 heavy (non-hydrogen) atoms. The van der Waals surface area contributed by atoms with E-state index in [-0.39, 0.29) is 11.9 Å². The maximum absolute atomic E-state index is 12.4. The highest BCUT2D eigenvalue weighted by Gasteiger charge is 2.17. The molecule has 3 aromatic rings. The van der Waals surface area contributed by atoms with Crippen molar-refractivity contribution < 1.29 is 4.79 Å². The topological polar surface area (TPSA) is 57.8 Å². The van der Waals surface area contributed by atoms with Crippen LogP contribution in [0, 0.1) is 6.92 Å². The van der Waals surface area contributed by atoms with Gasteiger partial charge in [-0.25, -0.2) is 4.98 Å². The number of nitrogens with zero attached hydrogens (tertiary/aromatic N) is 1. The fraction of sp³-hybridized carbons (Fsp3) is 0.238. The molecule has 0 spiro atoms. The predicted molar refractivity (Wildman–Crippen MR) is 110 cm³/mol. The molecule has 3 rings (SSSR count). The lowest BCUT2D eigenvalue weighted by molar-refractivity contribution is -0.117. The maximum atomic E-state index is 12.4. The molecular weight excluding hydrogens is 342 g/mol. The Morgan fingerprint density at radius 1 is 1.27 bits per heavy atom. The number of carbonyl (C=O) groups excluding carboxylic acids is 1. The average molecular weight is 366 g/mol. The first-order chi connectivity index (χ1) is 12.7. The normalized spacial score (nSPS) is 12.5. The van der Waals surface area contributed by atoms with Crippen LogP contribution in [0.1, 0.15) is 29.4 Å². The second kappa shape index (κ2) is 8.72. The Hall–Kier alpha value is -2.53. The van der Waals surface area contributed by atoms with Gasteiger partial charge >= 0.3 is 0 Å². The van der Waals surface area contributed by atoms with Gasteiger partial charge in [-0.2, -0.15) is 11.8 Å². The number of imidazole rings is 1. The summed E-state index contributed by atoms with van der Waals surface area (Å²) in [5.74, 6) is 1.64. The first-order valence-electron chi connectivity index (χ1n) is 8.64. The van der Waals surface area contributed by atoms with Gasteiger partial charge in [-0.3, -0.25) is 4.79 Å². The summed E-state index contributed by atoms with van der Waals surface area (Å²) in [4.78, 5) is 20.4. The van der Waals surface area contributed by atoms with E-state index in [0.717, 1.165) is 34.6 Å². The first-order valence-corrected chi connectivity index (χ1v) is 10.0. The zero-order valence-electron chi connectivity index (χ0n) is 15.0. The van der Waals surface area contributed by atoms with E-state index < -0.39 is 0 Å². The van der Waals surface area contributed by atoms with E-state index in [4.69, 9.17) is 0 Å². The lowest BCUT2D eigenvalue weighted by Crippen LogP contribution is -2.28. The first kappa shape index (κ1) is 18.3. The van der Waals surface area contributed by atoms with Crippen molar-refractivity contribution in [2.45, 2.75) is 19.4 Å². The number of hydrogen-bond acceptors (Lipinski definition) is 3. The van der Waals surface area contributed by atoms with Gasteiger partial charge in [-0.1, -0.05) is 42.0 Å². The lowest BCUT2D eigenvalue weighted by atomic mass is 10.1. The Labute approximate surface area is 158 Å². The molecule has 0 fully saturated rings. The van der Waals surface area contributed by atoms with Crippen LogP contribution in [0.25, 0.3) is 17.1 Å². The number of aromatic nitrogens is 2. The third kappa shape index (κ3) is 4.76. The number of nitrogens with one attached hydrogen (secondary N) is 2. The summed E-state index contributed by atoms with van der Waals surface area (Å²) in [5.41, 5.74) is 4.10. The van der Waals surface area contributed by atoms with Crippen molar-refractivity contribution in [3.8, 4) is 0 Å².